The van der Waals surface area contributed by atoms with Gasteiger partial charge in [-0.15, -0.1) is 0 Å². The second-order valence-corrected chi connectivity index (χ2v) is 8.13. The van der Waals surface area contributed by atoms with Crippen molar-refractivity contribution in [3.63, 3.8) is 0 Å². The molecule has 1 unspecified atom stereocenters. The molecule has 1 saturated carbocycles. The Morgan fingerprint density at radius 2 is 2.06 bits per heavy atom. The molecule has 3 N–H and O–H groups in total. The van der Waals surface area contributed by atoms with Crippen molar-refractivity contribution in [3.8, 4) is 11.5 Å². The van der Waals surface area contributed by atoms with E-state index >= 15 is 0 Å². The third-order valence-electron chi connectivity index (χ3n) is 5.77. The third kappa shape index (κ3) is 5.21. The van der Waals surface area contributed by atoms with E-state index < -0.39 is 12.1 Å². The number of carbonyl (C=O) groups is 2. The number of nitrogens with zero attached hydrogens (tertiary/aromatic N) is 1. The molecule has 0 spiro atoms. The number of rotatable bonds is 8. The summed E-state index contributed by atoms with van der Waals surface area (Å²) >= 11 is 0. The highest BCUT2D eigenvalue weighted by atomic mass is 16.5. The van der Waals surface area contributed by atoms with Crippen molar-refractivity contribution >= 4 is 11.8 Å². The maximum absolute atomic E-state index is 12.8. The number of nitrogens with one attached hydrogen (secondary N) is 2. The minimum Gasteiger partial charge on any atom is -0.456 e. The molecule has 31 heavy (non-hydrogen) atoms. The predicted molar refractivity (Wildman–Crippen MR) is 113 cm³/mol. The highest BCUT2D eigenvalue weighted by Gasteiger charge is 2.41. The van der Waals surface area contributed by atoms with Gasteiger partial charge < -0.3 is 25.2 Å². The third-order valence-corrected chi connectivity index (χ3v) is 5.77. The van der Waals surface area contributed by atoms with E-state index in [9.17, 15) is 14.7 Å². The molecule has 8 nitrogen and oxygen atoms in total. The molecule has 1 aromatic carbocycles. The summed E-state index contributed by atoms with van der Waals surface area (Å²) in [5.74, 6) is 0.893. The van der Waals surface area contributed by atoms with Crippen molar-refractivity contribution < 1.29 is 24.2 Å². The predicted octanol–water partition coefficient (Wildman–Crippen LogP) is 1.89. The Hall–Kier alpha value is -2.97. The van der Waals surface area contributed by atoms with Gasteiger partial charge in [-0.25, -0.2) is 0 Å². The summed E-state index contributed by atoms with van der Waals surface area (Å²) in [6.07, 6.45) is 4.73. The smallest absolute Gasteiger partial charge is 0.251 e. The SMILES string of the molecule is C[C@@H]1[C@@H](NC(=O)C2CC2)CO[C@@H]1C(CO)NC(=O)c1cccc(Oc2cccnc2)c1. The Bertz CT molecular complexity index is 918. The zero-order valence-electron chi connectivity index (χ0n) is 17.4. The first-order chi connectivity index (χ1) is 15.0. The van der Waals surface area contributed by atoms with Crippen LogP contribution >= 0.6 is 0 Å². The van der Waals surface area contributed by atoms with Crippen molar-refractivity contribution in [2.24, 2.45) is 11.8 Å². The summed E-state index contributed by atoms with van der Waals surface area (Å²) in [7, 11) is 0. The summed E-state index contributed by atoms with van der Waals surface area (Å²) in [6, 6.07) is 9.62. The molecule has 1 aliphatic heterocycles. The first-order valence-corrected chi connectivity index (χ1v) is 10.6. The Kier molecular flexibility index (Phi) is 6.48. The van der Waals surface area contributed by atoms with Crippen LogP contribution in [-0.4, -0.2) is 53.3 Å². The maximum atomic E-state index is 12.8. The van der Waals surface area contributed by atoms with Gasteiger partial charge in [0.15, 0.2) is 0 Å². The molecule has 8 heteroatoms. The normalized spacial score (nSPS) is 23.7. The van der Waals surface area contributed by atoms with Crippen LogP contribution in [0.3, 0.4) is 0 Å². The minimum absolute atomic E-state index is 0.0413. The van der Waals surface area contributed by atoms with Crippen molar-refractivity contribution in [2.45, 2.75) is 38.0 Å². The molecule has 1 aliphatic carbocycles. The molecule has 2 amide bonds. The van der Waals surface area contributed by atoms with Gasteiger partial charge in [-0.05, 0) is 43.2 Å². The first-order valence-electron chi connectivity index (χ1n) is 10.6. The van der Waals surface area contributed by atoms with E-state index in [1.165, 1.54) is 0 Å². The van der Waals surface area contributed by atoms with E-state index in [-0.39, 0.29) is 36.3 Å². The molecular formula is C23H27N3O5. The van der Waals surface area contributed by atoms with Gasteiger partial charge in [0.05, 0.1) is 37.6 Å². The topological polar surface area (TPSA) is 110 Å². The fourth-order valence-electron chi connectivity index (χ4n) is 3.78. The van der Waals surface area contributed by atoms with E-state index in [0.717, 1.165) is 12.8 Å². The van der Waals surface area contributed by atoms with Crippen molar-refractivity contribution in [2.75, 3.05) is 13.2 Å². The number of ether oxygens (including phenoxy) is 2. The van der Waals surface area contributed by atoms with E-state index in [1.54, 1.807) is 48.8 Å². The molecule has 1 saturated heterocycles. The van der Waals surface area contributed by atoms with Gasteiger partial charge in [0, 0.05) is 23.6 Å². The molecule has 2 heterocycles. The fraction of sp³-hybridized carbons (Fsp3) is 0.435. The van der Waals surface area contributed by atoms with E-state index in [0.29, 0.717) is 23.7 Å². The van der Waals surface area contributed by atoms with E-state index in [2.05, 4.69) is 15.6 Å². The highest BCUT2D eigenvalue weighted by molar-refractivity contribution is 5.94. The molecule has 0 bridgehead atoms. The average Bonchev–Trinajstić information content (AvgIpc) is 3.58. The second-order valence-electron chi connectivity index (χ2n) is 8.13. The number of aliphatic hydroxyl groups excluding tert-OH is 1. The number of carbonyl (C=O) groups excluding carboxylic acids is 2. The lowest BCUT2D eigenvalue weighted by atomic mass is 9.94. The van der Waals surface area contributed by atoms with Crippen LogP contribution in [0.2, 0.25) is 0 Å². The van der Waals surface area contributed by atoms with E-state index in [4.69, 9.17) is 9.47 Å². The second kappa shape index (κ2) is 9.45. The Labute approximate surface area is 181 Å². The van der Waals surface area contributed by atoms with Crippen molar-refractivity contribution in [3.05, 3.63) is 54.4 Å². The van der Waals surface area contributed by atoms with Crippen LogP contribution in [0.5, 0.6) is 11.5 Å². The van der Waals surface area contributed by atoms with Crippen LogP contribution in [0.4, 0.5) is 0 Å². The van der Waals surface area contributed by atoms with Crippen LogP contribution < -0.4 is 15.4 Å². The Balaban J connectivity index is 1.37. The quantitative estimate of drug-likeness (QED) is 0.596. The summed E-state index contributed by atoms with van der Waals surface area (Å²) in [5, 5.41) is 15.8. The number of hydrogen-bond acceptors (Lipinski definition) is 6. The highest BCUT2D eigenvalue weighted by Crippen LogP contribution is 2.31. The molecule has 0 radical (unpaired) electrons. The molecular weight excluding hydrogens is 398 g/mol. The number of pyridine rings is 1. The Morgan fingerprint density at radius 1 is 1.26 bits per heavy atom. The zero-order chi connectivity index (χ0) is 21.8. The molecule has 2 aliphatic rings. The lowest BCUT2D eigenvalue weighted by Crippen LogP contribution is -2.49. The molecule has 164 valence electrons. The molecule has 2 aromatic rings. The maximum Gasteiger partial charge on any atom is 0.251 e. The fourth-order valence-corrected chi connectivity index (χ4v) is 3.78. The van der Waals surface area contributed by atoms with Gasteiger partial charge in [-0.2, -0.15) is 0 Å². The monoisotopic (exact) mass is 425 g/mol. The number of aromatic nitrogens is 1. The first kappa shape index (κ1) is 21.3. The lowest BCUT2D eigenvalue weighted by Gasteiger charge is -2.27. The van der Waals surface area contributed by atoms with Gasteiger partial charge in [0.25, 0.3) is 5.91 Å². The number of amides is 2. The number of benzene rings is 1. The molecule has 4 atom stereocenters. The largest absolute Gasteiger partial charge is 0.456 e. The molecule has 1 aromatic heterocycles. The molecule has 4 rings (SSSR count). The number of aliphatic hydroxyl groups is 1. The summed E-state index contributed by atoms with van der Waals surface area (Å²) in [6.45, 7) is 2.06. The van der Waals surface area contributed by atoms with Gasteiger partial charge >= 0.3 is 0 Å². The zero-order valence-corrected chi connectivity index (χ0v) is 17.4. The standard InChI is InChI=1S/C23H27N3O5/c1-14-20(26-22(28)15-7-8-15)13-30-21(14)19(12-27)25-23(29)16-4-2-5-17(10-16)31-18-6-3-9-24-11-18/h2-6,9-11,14-15,19-21,27H,7-8,12-13H2,1H3,(H,25,29)(H,26,28)/t14-,19?,20+,21+/m1/s1. The summed E-state index contributed by atoms with van der Waals surface area (Å²) in [5.41, 5.74) is 0.407. The lowest BCUT2D eigenvalue weighted by molar-refractivity contribution is -0.123. The molecule has 2 fully saturated rings. The van der Waals surface area contributed by atoms with E-state index in [1.807, 2.05) is 6.92 Å². The van der Waals surface area contributed by atoms with Crippen LogP contribution in [0, 0.1) is 11.8 Å². The van der Waals surface area contributed by atoms with Crippen LogP contribution in [0.15, 0.2) is 48.8 Å². The Morgan fingerprint density at radius 3 is 2.77 bits per heavy atom. The number of hydrogen-bond donors (Lipinski definition) is 3. The van der Waals surface area contributed by atoms with Crippen LogP contribution in [0.25, 0.3) is 0 Å². The average molecular weight is 425 g/mol. The van der Waals surface area contributed by atoms with Crippen molar-refractivity contribution in [1.29, 1.82) is 0 Å². The van der Waals surface area contributed by atoms with Crippen LogP contribution in [0.1, 0.15) is 30.1 Å². The summed E-state index contributed by atoms with van der Waals surface area (Å²) in [4.78, 5) is 28.9. The summed E-state index contributed by atoms with van der Waals surface area (Å²) < 4.78 is 11.6. The van der Waals surface area contributed by atoms with Gasteiger partial charge in [-0.3, -0.25) is 14.6 Å². The van der Waals surface area contributed by atoms with Gasteiger partial charge in [0.2, 0.25) is 5.91 Å². The van der Waals surface area contributed by atoms with Gasteiger partial charge in [-0.1, -0.05) is 13.0 Å². The van der Waals surface area contributed by atoms with Crippen molar-refractivity contribution in [1.82, 2.24) is 15.6 Å². The van der Waals surface area contributed by atoms with Crippen LogP contribution in [-0.2, 0) is 9.53 Å². The van der Waals surface area contributed by atoms with Gasteiger partial charge in [0.1, 0.15) is 11.5 Å². The minimum atomic E-state index is -0.590.